The molecular weight excluding hydrogens is 302 g/mol. The first kappa shape index (κ1) is 12.8. The highest BCUT2D eigenvalue weighted by Crippen LogP contribution is 2.27. The van der Waals surface area contributed by atoms with E-state index in [1.807, 2.05) is 0 Å². The Kier molecular flexibility index (Phi) is 4.03. The SMILES string of the molecule is CC(C)S(=O)(=O)Nc1cc(Cl)ccc1Br. The molecule has 1 rings (SSSR count). The molecule has 0 fully saturated rings. The summed E-state index contributed by atoms with van der Waals surface area (Å²) >= 11 is 9.02. The minimum Gasteiger partial charge on any atom is -0.282 e. The molecule has 0 aromatic heterocycles. The van der Waals surface area contributed by atoms with Crippen molar-refractivity contribution < 1.29 is 8.42 Å². The largest absolute Gasteiger partial charge is 0.282 e. The zero-order valence-corrected chi connectivity index (χ0v) is 11.4. The van der Waals surface area contributed by atoms with E-state index in [1.54, 1.807) is 32.0 Å². The van der Waals surface area contributed by atoms with Crippen LogP contribution in [-0.2, 0) is 10.0 Å². The Morgan fingerprint density at radius 1 is 1.40 bits per heavy atom. The average Bonchev–Trinajstić information content (AvgIpc) is 2.10. The molecule has 0 aliphatic heterocycles. The van der Waals surface area contributed by atoms with E-state index in [1.165, 1.54) is 0 Å². The summed E-state index contributed by atoms with van der Waals surface area (Å²) in [5.74, 6) is 0. The number of hydrogen-bond acceptors (Lipinski definition) is 2. The Hall–Kier alpha value is -0.260. The van der Waals surface area contributed by atoms with Crippen LogP contribution in [0.3, 0.4) is 0 Å². The molecule has 6 heteroatoms. The van der Waals surface area contributed by atoms with Crippen molar-refractivity contribution in [3.8, 4) is 0 Å². The summed E-state index contributed by atoms with van der Waals surface area (Å²) in [6, 6.07) is 4.94. The molecule has 3 nitrogen and oxygen atoms in total. The van der Waals surface area contributed by atoms with E-state index in [4.69, 9.17) is 11.6 Å². The Labute approximate surface area is 103 Å². The van der Waals surface area contributed by atoms with E-state index in [0.29, 0.717) is 15.2 Å². The summed E-state index contributed by atoms with van der Waals surface area (Å²) in [5, 5.41) is 0.00281. The third-order valence-electron chi connectivity index (χ3n) is 1.80. The number of rotatable bonds is 3. The van der Waals surface area contributed by atoms with Crippen LogP contribution < -0.4 is 4.72 Å². The van der Waals surface area contributed by atoms with Crippen LogP contribution in [0.5, 0.6) is 0 Å². The highest BCUT2D eigenvalue weighted by molar-refractivity contribution is 9.10. The fourth-order valence-corrected chi connectivity index (χ4v) is 2.21. The second-order valence-electron chi connectivity index (χ2n) is 3.32. The van der Waals surface area contributed by atoms with E-state index in [-0.39, 0.29) is 0 Å². The van der Waals surface area contributed by atoms with Crippen molar-refractivity contribution in [2.75, 3.05) is 4.72 Å². The number of hydrogen-bond donors (Lipinski definition) is 1. The molecule has 1 aromatic rings. The van der Waals surface area contributed by atoms with Crippen LogP contribution in [0.4, 0.5) is 5.69 Å². The third kappa shape index (κ3) is 3.36. The number of benzene rings is 1. The fourth-order valence-electron chi connectivity index (χ4n) is 0.847. The van der Waals surface area contributed by atoms with Crippen LogP contribution in [0.1, 0.15) is 13.8 Å². The quantitative estimate of drug-likeness (QED) is 0.931. The van der Waals surface area contributed by atoms with Gasteiger partial charge in [0, 0.05) is 9.50 Å². The standard InChI is InChI=1S/C9H11BrClNO2S/c1-6(2)15(13,14)12-9-5-7(11)3-4-8(9)10/h3-6,12H,1-2H3. The monoisotopic (exact) mass is 311 g/mol. The molecule has 0 unspecified atom stereocenters. The Morgan fingerprint density at radius 3 is 2.53 bits per heavy atom. The van der Waals surface area contributed by atoms with Gasteiger partial charge in [0.25, 0.3) is 0 Å². The van der Waals surface area contributed by atoms with Crippen LogP contribution in [0, 0.1) is 0 Å². The molecule has 0 spiro atoms. The van der Waals surface area contributed by atoms with Gasteiger partial charge in [-0.25, -0.2) is 8.42 Å². The molecule has 0 saturated heterocycles. The lowest BCUT2D eigenvalue weighted by atomic mass is 10.3. The van der Waals surface area contributed by atoms with Gasteiger partial charge in [0.1, 0.15) is 0 Å². The van der Waals surface area contributed by atoms with Crippen LogP contribution in [0.2, 0.25) is 5.02 Å². The first-order valence-corrected chi connectivity index (χ1v) is 7.01. The molecule has 0 heterocycles. The molecule has 0 atom stereocenters. The normalized spacial score (nSPS) is 11.8. The van der Waals surface area contributed by atoms with Gasteiger partial charge in [-0.3, -0.25) is 4.72 Å². The van der Waals surface area contributed by atoms with Gasteiger partial charge in [-0.15, -0.1) is 0 Å². The summed E-state index contributed by atoms with van der Waals surface area (Å²) < 4.78 is 26.3. The van der Waals surface area contributed by atoms with Crippen molar-refractivity contribution in [1.29, 1.82) is 0 Å². The maximum Gasteiger partial charge on any atom is 0.235 e. The fraction of sp³-hybridized carbons (Fsp3) is 0.333. The van der Waals surface area contributed by atoms with E-state index in [0.717, 1.165) is 0 Å². The zero-order valence-electron chi connectivity index (χ0n) is 8.29. The molecule has 1 aromatic carbocycles. The molecule has 15 heavy (non-hydrogen) atoms. The summed E-state index contributed by atoms with van der Waals surface area (Å²) in [4.78, 5) is 0. The minimum atomic E-state index is -3.33. The van der Waals surface area contributed by atoms with Gasteiger partial charge in [0.2, 0.25) is 10.0 Å². The number of halogens is 2. The van der Waals surface area contributed by atoms with Crippen LogP contribution in [-0.4, -0.2) is 13.7 Å². The predicted octanol–water partition coefficient (Wildman–Crippen LogP) is 3.25. The lowest BCUT2D eigenvalue weighted by Crippen LogP contribution is -2.22. The van der Waals surface area contributed by atoms with E-state index < -0.39 is 15.3 Å². The highest BCUT2D eigenvalue weighted by Gasteiger charge is 2.16. The second kappa shape index (κ2) is 4.72. The van der Waals surface area contributed by atoms with Crippen molar-refractivity contribution in [3.05, 3.63) is 27.7 Å². The van der Waals surface area contributed by atoms with E-state index in [9.17, 15) is 8.42 Å². The van der Waals surface area contributed by atoms with Gasteiger partial charge in [0.05, 0.1) is 10.9 Å². The zero-order chi connectivity index (χ0) is 11.6. The number of sulfonamides is 1. The maximum absolute atomic E-state index is 11.6. The Balaban J connectivity index is 3.05. The molecule has 0 aliphatic rings. The van der Waals surface area contributed by atoms with Crippen LogP contribution in [0.15, 0.2) is 22.7 Å². The smallest absolute Gasteiger partial charge is 0.235 e. The van der Waals surface area contributed by atoms with Crippen molar-refractivity contribution in [3.63, 3.8) is 0 Å². The second-order valence-corrected chi connectivity index (χ2v) is 6.85. The van der Waals surface area contributed by atoms with Crippen molar-refractivity contribution in [1.82, 2.24) is 0 Å². The van der Waals surface area contributed by atoms with E-state index >= 15 is 0 Å². The molecule has 0 radical (unpaired) electrons. The molecule has 0 aliphatic carbocycles. The molecule has 84 valence electrons. The Morgan fingerprint density at radius 2 is 2.00 bits per heavy atom. The molecular formula is C9H11BrClNO2S. The van der Waals surface area contributed by atoms with E-state index in [2.05, 4.69) is 20.7 Å². The lowest BCUT2D eigenvalue weighted by Gasteiger charge is -2.12. The van der Waals surface area contributed by atoms with Crippen LogP contribution in [0.25, 0.3) is 0 Å². The topological polar surface area (TPSA) is 46.2 Å². The third-order valence-corrected chi connectivity index (χ3v) is 4.47. The van der Waals surface area contributed by atoms with Gasteiger partial charge < -0.3 is 0 Å². The number of anilines is 1. The van der Waals surface area contributed by atoms with Gasteiger partial charge in [-0.2, -0.15) is 0 Å². The predicted molar refractivity (Wildman–Crippen MR) is 66.8 cm³/mol. The summed E-state index contributed by atoms with van der Waals surface area (Å²) in [5.41, 5.74) is 0.455. The van der Waals surface area contributed by atoms with Crippen molar-refractivity contribution in [2.45, 2.75) is 19.1 Å². The highest BCUT2D eigenvalue weighted by atomic mass is 79.9. The summed E-state index contributed by atoms with van der Waals surface area (Å²) in [6.45, 7) is 3.22. The first-order chi connectivity index (χ1) is 6.83. The van der Waals surface area contributed by atoms with Crippen molar-refractivity contribution in [2.24, 2.45) is 0 Å². The Bertz CT molecular complexity index is 459. The minimum absolute atomic E-state index is 0.455. The van der Waals surface area contributed by atoms with Crippen molar-refractivity contribution >= 4 is 43.2 Å². The van der Waals surface area contributed by atoms with Gasteiger partial charge >= 0.3 is 0 Å². The lowest BCUT2D eigenvalue weighted by molar-refractivity contribution is 0.593. The van der Waals surface area contributed by atoms with Gasteiger partial charge in [0.15, 0.2) is 0 Å². The maximum atomic E-state index is 11.6. The summed E-state index contributed by atoms with van der Waals surface area (Å²) in [7, 11) is -3.33. The molecule has 1 N–H and O–H groups in total. The van der Waals surface area contributed by atoms with Gasteiger partial charge in [-0.1, -0.05) is 11.6 Å². The molecule has 0 amide bonds. The molecule has 0 saturated carbocycles. The van der Waals surface area contributed by atoms with Gasteiger partial charge in [-0.05, 0) is 48.0 Å². The molecule has 0 bridgehead atoms. The summed E-state index contributed by atoms with van der Waals surface area (Å²) in [6.07, 6.45) is 0. The first-order valence-electron chi connectivity index (χ1n) is 4.29. The number of nitrogens with one attached hydrogen (secondary N) is 1. The van der Waals surface area contributed by atoms with Crippen LogP contribution >= 0.6 is 27.5 Å². The average molecular weight is 313 g/mol.